The lowest BCUT2D eigenvalue weighted by Gasteiger charge is -2.11. The van der Waals surface area contributed by atoms with Crippen LogP contribution in [0.15, 0.2) is 60.0 Å². The molecule has 0 fully saturated rings. The Morgan fingerprint density at radius 2 is 1.88 bits per heavy atom. The van der Waals surface area contributed by atoms with E-state index in [0.29, 0.717) is 11.4 Å². The third-order valence-electron chi connectivity index (χ3n) is 3.74. The molecule has 1 N–H and O–H groups in total. The van der Waals surface area contributed by atoms with Crippen LogP contribution in [0, 0.1) is 5.82 Å². The summed E-state index contributed by atoms with van der Waals surface area (Å²) in [6.07, 6.45) is 0. The third kappa shape index (κ3) is 4.62. The molecule has 0 aliphatic rings. The molecule has 0 aliphatic heterocycles. The lowest BCUT2D eigenvalue weighted by molar-refractivity contribution is -0.115. The Hall–Kier alpha value is -2.38. The second kappa shape index (κ2) is 8.33. The van der Waals surface area contributed by atoms with Crippen molar-refractivity contribution in [3.05, 3.63) is 71.5 Å². The van der Waals surface area contributed by atoms with Crippen molar-refractivity contribution in [2.24, 2.45) is 0 Å². The quantitative estimate of drug-likeness (QED) is 0.688. The smallest absolute Gasteiger partial charge is 0.239 e. The zero-order valence-corrected chi connectivity index (χ0v) is 15.6. The molecule has 2 atom stereocenters. The van der Waals surface area contributed by atoms with Gasteiger partial charge < -0.3 is 5.32 Å². The summed E-state index contributed by atoms with van der Waals surface area (Å²) >= 11 is 1.40. The van der Waals surface area contributed by atoms with Crippen LogP contribution in [0.3, 0.4) is 0 Å². The fourth-order valence-electron chi connectivity index (χ4n) is 2.25. The van der Waals surface area contributed by atoms with Crippen LogP contribution in [0.25, 0.3) is 10.6 Å². The van der Waals surface area contributed by atoms with Gasteiger partial charge in [-0.25, -0.2) is 9.37 Å². The van der Waals surface area contributed by atoms with Crippen LogP contribution >= 0.6 is 11.3 Å². The topological polar surface area (TPSA) is 59.1 Å². The molecule has 2 aromatic carbocycles. The highest BCUT2D eigenvalue weighted by molar-refractivity contribution is 7.85. The minimum Gasteiger partial charge on any atom is -0.325 e. The number of carbonyl (C=O) groups excluding carboxylic acids is 1. The number of para-hydroxylation sites is 1. The van der Waals surface area contributed by atoms with Crippen molar-refractivity contribution in [1.29, 1.82) is 0 Å². The molecule has 26 heavy (non-hydrogen) atoms. The van der Waals surface area contributed by atoms with Crippen LogP contribution in [0.5, 0.6) is 0 Å². The molecule has 1 amide bonds. The molecule has 4 nitrogen and oxygen atoms in total. The molecule has 0 unspecified atom stereocenters. The van der Waals surface area contributed by atoms with Gasteiger partial charge in [0.05, 0.1) is 11.4 Å². The number of benzene rings is 2. The van der Waals surface area contributed by atoms with Crippen LogP contribution in [0.2, 0.25) is 0 Å². The highest BCUT2D eigenvalue weighted by atomic mass is 32.2. The number of aromatic nitrogens is 1. The largest absolute Gasteiger partial charge is 0.325 e. The molecule has 0 bridgehead atoms. The van der Waals surface area contributed by atoms with E-state index in [1.807, 2.05) is 23.6 Å². The zero-order chi connectivity index (χ0) is 18.5. The van der Waals surface area contributed by atoms with E-state index in [9.17, 15) is 13.4 Å². The normalized spacial score (nSPS) is 13.2. The maximum atomic E-state index is 13.0. The van der Waals surface area contributed by atoms with Gasteiger partial charge in [-0.05, 0) is 43.3 Å². The molecule has 1 heterocycles. The molecule has 0 spiro atoms. The molecule has 0 radical (unpaired) electrons. The second-order valence-corrected chi connectivity index (χ2v) is 8.29. The Morgan fingerprint density at radius 1 is 1.19 bits per heavy atom. The molecule has 3 aromatic rings. The number of thiazole rings is 1. The summed E-state index contributed by atoms with van der Waals surface area (Å²) in [7, 11) is -1.39. The maximum Gasteiger partial charge on any atom is 0.239 e. The van der Waals surface area contributed by atoms with Gasteiger partial charge in [-0.15, -0.1) is 11.3 Å². The summed E-state index contributed by atoms with van der Waals surface area (Å²) < 4.78 is 25.5. The van der Waals surface area contributed by atoms with E-state index in [2.05, 4.69) is 10.3 Å². The van der Waals surface area contributed by atoms with E-state index in [1.54, 1.807) is 31.2 Å². The summed E-state index contributed by atoms with van der Waals surface area (Å²) in [5.41, 5.74) is 2.14. The Labute approximate surface area is 157 Å². The Balaban J connectivity index is 1.62. The van der Waals surface area contributed by atoms with Crippen LogP contribution in [0.1, 0.15) is 12.6 Å². The number of carbonyl (C=O) groups is 1. The summed E-state index contributed by atoms with van der Waals surface area (Å²) in [5.74, 6) is -0.394. The molecule has 0 saturated heterocycles. The van der Waals surface area contributed by atoms with Gasteiger partial charge >= 0.3 is 0 Å². The van der Waals surface area contributed by atoms with Gasteiger partial charge in [0, 0.05) is 27.4 Å². The molecular weight excluding hydrogens is 371 g/mol. The van der Waals surface area contributed by atoms with Gasteiger partial charge in [-0.1, -0.05) is 18.2 Å². The fourth-order valence-corrected chi connectivity index (χ4v) is 4.17. The van der Waals surface area contributed by atoms with Crippen molar-refractivity contribution < 1.29 is 13.4 Å². The SMILES string of the molecule is C[C@@H](C(=O)Nc1ccccc1)[S@](=O)Cc1csc(-c2ccc(F)cc2)n1. The number of anilines is 1. The predicted octanol–water partition coefficient (Wildman–Crippen LogP) is 4.23. The van der Waals surface area contributed by atoms with E-state index >= 15 is 0 Å². The number of amides is 1. The lowest BCUT2D eigenvalue weighted by atomic mass is 10.2. The van der Waals surface area contributed by atoms with Gasteiger partial charge in [0.25, 0.3) is 0 Å². The fraction of sp³-hybridized carbons (Fsp3) is 0.158. The monoisotopic (exact) mass is 388 g/mol. The highest BCUT2D eigenvalue weighted by Gasteiger charge is 2.21. The van der Waals surface area contributed by atoms with Gasteiger partial charge in [0.15, 0.2) is 0 Å². The van der Waals surface area contributed by atoms with Crippen LogP contribution in [-0.2, 0) is 21.3 Å². The molecule has 134 valence electrons. The number of hydrogen-bond acceptors (Lipinski definition) is 4. The molecule has 1 aromatic heterocycles. The Morgan fingerprint density at radius 3 is 2.58 bits per heavy atom. The van der Waals surface area contributed by atoms with Crippen molar-refractivity contribution in [3.63, 3.8) is 0 Å². The minimum atomic E-state index is -1.39. The number of nitrogens with one attached hydrogen (secondary N) is 1. The molecular formula is C19H17FN2O2S2. The van der Waals surface area contributed by atoms with Crippen molar-refractivity contribution in [1.82, 2.24) is 4.98 Å². The van der Waals surface area contributed by atoms with Crippen molar-refractivity contribution in [3.8, 4) is 10.6 Å². The van der Waals surface area contributed by atoms with E-state index in [1.165, 1.54) is 23.5 Å². The summed E-state index contributed by atoms with van der Waals surface area (Å²) in [6.45, 7) is 1.64. The zero-order valence-electron chi connectivity index (χ0n) is 14.0. The second-order valence-electron chi connectivity index (χ2n) is 5.67. The Bertz CT molecular complexity index is 911. The minimum absolute atomic E-state index is 0.196. The first-order chi connectivity index (χ1) is 12.5. The molecule has 7 heteroatoms. The van der Waals surface area contributed by atoms with Gasteiger partial charge in [0.1, 0.15) is 16.1 Å². The number of halogens is 1. The summed E-state index contributed by atoms with van der Waals surface area (Å²) in [5, 5.41) is 4.65. The first-order valence-corrected chi connectivity index (χ1v) is 10.2. The van der Waals surface area contributed by atoms with Crippen LogP contribution in [-0.4, -0.2) is 20.3 Å². The average Bonchev–Trinajstić information content (AvgIpc) is 3.11. The third-order valence-corrected chi connectivity index (χ3v) is 6.26. The van der Waals surface area contributed by atoms with Gasteiger partial charge in [-0.2, -0.15) is 0 Å². The molecule has 0 saturated carbocycles. The van der Waals surface area contributed by atoms with Crippen LogP contribution < -0.4 is 5.32 Å². The van der Waals surface area contributed by atoms with Crippen molar-refractivity contribution >= 4 is 33.7 Å². The lowest BCUT2D eigenvalue weighted by Crippen LogP contribution is -2.29. The van der Waals surface area contributed by atoms with E-state index < -0.39 is 16.0 Å². The van der Waals surface area contributed by atoms with Crippen LogP contribution in [0.4, 0.5) is 10.1 Å². The molecule has 3 rings (SSSR count). The maximum absolute atomic E-state index is 13.0. The number of rotatable bonds is 6. The highest BCUT2D eigenvalue weighted by Crippen LogP contribution is 2.24. The predicted molar refractivity (Wildman–Crippen MR) is 104 cm³/mol. The van der Waals surface area contributed by atoms with Crippen molar-refractivity contribution in [2.45, 2.75) is 17.9 Å². The van der Waals surface area contributed by atoms with E-state index in [-0.39, 0.29) is 17.5 Å². The van der Waals surface area contributed by atoms with Gasteiger partial charge in [-0.3, -0.25) is 9.00 Å². The summed E-state index contributed by atoms with van der Waals surface area (Å²) in [4.78, 5) is 16.7. The first kappa shape index (κ1) is 18.4. The molecule has 0 aliphatic carbocycles. The standard InChI is InChI=1S/C19H17FN2O2S2/c1-13(18(23)21-16-5-3-2-4-6-16)26(24)12-17-11-25-19(22-17)14-7-9-15(20)10-8-14/h2-11,13H,12H2,1H3,(H,21,23)/t13-,26+/m0/s1. The Kier molecular flexibility index (Phi) is 5.90. The first-order valence-electron chi connectivity index (χ1n) is 7.96. The van der Waals surface area contributed by atoms with Gasteiger partial charge in [0.2, 0.25) is 5.91 Å². The number of hydrogen-bond donors (Lipinski definition) is 1. The average molecular weight is 388 g/mol. The van der Waals surface area contributed by atoms with Crippen molar-refractivity contribution in [2.75, 3.05) is 5.32 Å². The number of nitrogens with zero attached hydrogens (tertiary/aromatic N) is 1. The van der Waals surface area contributed by atoms with E-state index in [4.69, 9.17) is 0 Å². The van der Waals surface area contributed by atoms with E-state index in [0.717, 1.165) is 10.6 Å². The summed E-state index contributed by atoms with van der Waals surface area (Å²) in [6, 6.07) is 15.1.